The summed E-state index contributed by atoms with van der Waals surface area (Å²) in [7, 11) is 0. The third-order valence-corrected chi connectivity index (χ3v) is 5.18. The SMILES string of the molecule is O=C1NCCn2c(-c3ccc(CN4CC=CC4)cc3)nc3cc(F)cc1c32. The number of carbonyl (C=O) groups excluding carboxylic acids is 1. The van der Waals surface area contributed by atoms with Crippen molar-refractivity contribution in [3.8, 4) is 11.4 Å². The molecule has 1 amide bonds. The van der Waals surface area contributed by atoms with Gasteiger partial charge in [0.1, 0.15) is 11.6 Å². The first-order chi connectivity index (χ1) is 13.2. The Morgan fingerprint density at radius 3 is 2.67 bits per heavy atom. The number of nitrogens with one attached hydrogen (secondary N) is 1. The molecule has 2 aliphatic rings. The van der Waals surface area contributed by atoms with Gasteiger partial charge in [-0.15, -0.1) is 0 Å². The van der Waals surface area contributed by atoms with Gasteiger partial charge in [-0.25, -0.2) is 9.37 Å². The summed E-state index contributed by atoms with van der Waals surface area (Å²) in [4.78, 5) is 19.3. The molecule has 3 heterocycles. The van der Waals surface area contributed by atoms with Crippen molar-refractivity contribution in [2.75, 3.05) is 19.6 Å². The summed E-state index contributed by atoms with van der Waals surface area (Å²) in [6.07, 6.45) is 4.37. The maximum absolute atomic E-state index is 14.0. The number of rotatable bonds is 3. The summed E-state index contributed by atoms with van der Waals surface area (Å²) in [6, 6.07) is 11.0. The lowest BCUT2D eigenvalue weighted by Gasteiger charge is -2.15. The minimum atomic E-state index is -0.444. The molecule has 5 nitrogen and oxygen atoms in total. The summed E-state index contributed by atoms with van der Waals surface area (Å²) in [6.45, 7) is 4.00. The van der Waals surface area contributed by atoms with Crippen LogP contribution in [-0.2, 0) is 13.1 Å². The molecular weight excluding hydrogens is 343 g/mol. The van der Waals surface area contributed by atoms with Crippen molar-refractivity contribution >= 4 is 16.9 Å². The lowest BCUT2D eigenvalue weighted by atomic mass is 10.1. The molecule has 0 saturated carbocycles. The standard InChI is InChI=1S/C21H19FN4O/c22-16-11-17-19-18(12-16)24-20(26(19)10-7-23-21(17)27)15-5-3-14(4-6-15)13-25-8-1-2-9-25/h1-6,11-12H,7-10,13H2,(H,23,27). The van der Waals surface area contributed by atoms with Gasteiger partial charge in [0, 0.05) is 44.4 Å². The minimum Gasteiger partial charge on any atom is -0.350 e. The second-order valence-electron chi connectivity index (χ2n) is 7.03. The zero-order chi connectivity index (χ0) is 18.4. The fourth-order valence-electron chi connectivity index (χ4n) is 3.89. The van der Waals surface area contributed by atoms with E-state index in [2.05, 4.69) is 51.6 Å². The molecule has 5 rings (SSSR count). The molecule has 0 radical (unpaired) electrons. The average Bonchev–Trinajstić information content (AvgIpc) is 3.26. The Morgan fingerprint density at radius 2 is 1.89 bits per heavy atom. The first-order valence-corrected chi connectivity index (χ1v) is 9.14. The van der Waals surface area contributed by atoms with Crippen LogP contribution in [0, 0.1) is 5.82 Å². The van der Waals surface area contributed by atoms with Crippen LogP contribution >= 0.6 is 0 Å². The molecule has 1 N–H and O–H groups in total. The van der Waals surface area contributed by atoms with Crippen molar-refractivity contribution in [3.05, 3.63) is 65.5 Å². The monoisotopic (exact) mass is 362 g/mol. The zero-order valence-electron chi connectivity index (χ0n) is 14.8. The lowest BCUT2D eigenvalue weighted by molar-refractivity contribution is 0.0956. The third kappa shape index (κ3) is 2.82. The van der Waals surface area contributed by atoms with Crippen LogP contribution < -0.4 is 5.32 Å². The summed E-state index contributed by atoms with van der Waals surface area (Å²) in [5.41, 5.74) is 3.78. The number of hydrogen-bond acceptors (Lipinski definition) is 3. The second-order valence-corrected chi connectivity index (χ2v) is 7.03. The Morgan fingerprint density at radius 1 is 1.11 bits per heavy atom. The van der Waals surface area contributed by atoms with Gasteiger partial charge in [0.05, 0.1) is 16.6 Å². The van der Waals surface area contributed by atoms with Crippen LogP contribution in [-0.4, -0.2) is 40.0 Å². The van der Waals surface area contributed by atoms with Gasteiger partial charge < -0.3 is 9.88 Å². The van der Waals surface area contributed by atoms with Crippen LogP contribution in [0.25, 0.3) is 22.4 Å². The van der Waals surface area contributed by atoms with E-state index in [4.69, 9.17) is 0 Å². The van der Waals surface area contributed by atoms with Gasteiger partial charge in [-0.1, -0.05) is 36.4 Å². The van der Waals surface area contributed by atoms with Crippen LogP contribution in [0.5, 0.6) is 0 Å². The number of benzene rings is 2. The number of carbonyl (C=O) groups is 1. The van der Waals surface area contributed by atoms with Crippen molar-refractivity contribution in [2.24, 2.45) is 0 Å². The molecule has 6 heteroatoms. The van der Waals surface area contributed by atoms with E-state index in [1.165, 1.54) is 17.7 Å². The molecule has 3 aromatic rings. The van der Waals surface area contributed by atoms with Crippen LogP contribution in [0.15, 0.2) is 48.6 Å². The lowest BCUT2D eigenvalue weighted by Crippen LogP contribution is -2.24. The molecule has 1 aromatic heterocycles. The number of aromatic nitrogens is 2. The van der Waals surface area contributed by atoms with E-state index in [9.17, 15) is 9.18 Å². The Hall–Kier alpha value is -2.99. The van der Waals surface area contributed by atoms with Gasteiger partial charge in [-0.05, 0) is 11.6 Å². The molecule has 0 aliphatic carbocycles. The second kappa shape index (κ2) is 6.32. The van der Waals surface area contributed by atoms with E-state index < -0.39 is 5.82 Å². The molecule has 0 bridgehead atoms. The smallest absolute Gasteiger partial charge is 0.253 e. The van der Waals surface area contributed by atoms with Gasteiger partial charge >= 0.3 is 0 Å². The highest BCUT2D eigenvalue weighted by Gasteiger charge is 2.23. The van der Waals surface area contributed by atoms with Gasteiger partial charge in [0.2, 0.25) is 0 Å². The van der Waals surface area contributed by atoms with E-state index in [0.717, 1.165) is 31.0 Å². The molecule has 0 spiro atoms. The van der Waals surface area contributed by atoms with Gasteiger partial charge in [-0.3, -0.25) is 9.69 Å². The van der Waals surface area contributed by atoms with Gasteiger partial charge in [0.15, 0.2) is 0 Å². The predicted octanol–water partition coefficient (Wildman–Crippen LogP) is 2.96. The molecule has 136 valence electrons. The minimum absolute atomic E-state index is 0.251. The summed E-state index contributed by atoms with van der Waals surface area (Å²) in [5, 5.41) is 2.83. The molecule has 0 unspecified atom stereocenters. The Bertz CT molecular complexity index is 1060. The predicted molar refractivity (Wildman–Crippen MR) is 102 cm³/mol. The summed E-state index contributed by atoms with van der Waals surface area (Å²) < 4.78 is 16.0. The molecule has 0 fully saturated rings. The fraction of sp³-hybridized carbons (Fsp3) is 0.238. The number of imidazole rings is 1. The molecule has 27 heavy (non-hydrogen) atoms. The number of halogens is 1. The van der Waals surface area contributed by atoms with Crippen molar-refractivity contribution in [1.82, 2.24) is 19.8 Å². The number of nitrogens with zero attached hydrogens (tertiary/aromatic N) is 3. The van der Waals surface area contributed by atoms with Crippen LogP contribution in [0.2, 0.25) is 0 Å². The fourth-order valence-corrected chi connectivity index (χ4v) is 3.89. The first kappa shape index (κ1) is 16.2. The van der Waals surface area contributed by atoms with Crippen LogP contribution in [0.1, 0.15) is 15.9 Å². The highest BCUT2D eigenvalue weighted by molar-refractivity contribution is 6.06. The Kier molecular flexibility index (Phi) is 3.79. The van der Waals surface area contributed by atoms with E-state index in [-0.39, 0.29) is 5.91 Å². The quantitative estimate of drug-likeness (QED) is 0.729. The number of amides is 1. The van der Waals surface area contributed by atoms with E-state index in [1.807, 2.05) is 4.57 Å². The molecular formula is C21H19FN4O. The van der Waals surface area contributed by atoms with E-state index >= 15 is 0 Å². The van der Waals surface area contributed by atoms with Crippen molar-refractivity contribution < 1.29 is 9.18 Å². The van der Waals surface area contributed by atoms with Gasteiger partial charge in [0.25, 0.3) is 5.91 Å². The summed E-state index contributed by atoms with van der Waals surface area (Å²) >= 11 is 0. The van der Waals surface area contributed by atoms with E-state index in [1.54, 1.807) is 0 Å². The first-order valence-electron chi connectivity index (χ1n) is 9.14. The highest BCUT2D eigenvalue weighted by Crippen LogP contribution is 2.29. The van der Waals surface area contributed by atoms with Crippen molar-refractivity contribution in [2.45, 2.75) is 13.1 Å². The Labute approximate surface area is 156 Å². The van der Waals surface area contributed by atoms with Crippen molar-refractivity contribution in [1.29, 1.82) is 0 Å². The van der Waals surface area contributed by atoms with Crippen LogP contribution in [0.3, 0.4) is 0 Å². The zero-order valence-corrected chi connectivity index (χ0v) is 14.8. The molecule has 2 aromatic carbocycles. The maximum Gasteiger partial charge on any atom is 0.253 e. The van der Waals surface area contributed by atoms with E-state index in [0.29, 0.717) is 29.7 Å². The maximum atomic E-state index is 14.0. The Balaban J connectivity index is 1.55. The molecule has 0 atom stereocenters. The van der Waals surface area contributed by atoms with Crippen molar-refractivity contribution in [3.63, 3.8) is 0 Å². The topological polar surface area (TPSA) is 50.2 Å². The van der Waals surface area contributed by atoms with Gasteiger partial charge in [-0.2, -0.15) is 0 Å². The highest BCUT2D eigenvalue weighted by atomic mass is 19.1. The third-order valence-electron chi connectivity index (χ3n) is 5.18. The molecule has 2 aliphatic heterocycles. The number of hydrogen-bond donors (Lipinski definition) is 1. The average molecular weight is 362 g/mol. The molecule has 0 saturated heterocycles. The summed E-state index contributed by atoms with van der Waals surface area (Å²) in [5.74, 6) is 0.0716. The largest absolute Gasteiger partial charge is 0.350 e. The normalized spacial score (nSPS) is 16.7. The van der Waals surface area contributed by atoms with Crippen LogP contribution in [0.4, 0.5) is 4.39 Å².